The van der Waals surface area contributed by atoms with Gasteiger partial charge in [-0.3, -0.25) is 4.79 Å². The molecule has 164 valence electrons. The molecule has 0 spiro atoms. The van der Waals surface area contributed by atoms with Crippen molar-refractivity contribution in [3.8, 4) is 11.5 Å². The number of hydrogen-bond acceptors (Lipinski definition) is 6. The van der Waals surface area contributed by atoms with Crippen LogP contribution in [-0.2, 0) is 16.4 Å². The van der Waals surface area contributed by atoms with E-state index in [9.17, 15) is 22.0 Å². The number of carbonyl (C=O) groups excluding carboxylic acids is 1. The number of rotatable bonds is 9. The fraction of sp³-hybridized carbons (Fsp3) is 0.421. The molecule has 0 saturated carbocycles. The van der Waals surface area contributed by atoms with Crippen molar-refractivity contribution in [2.75, 3.05) is 26.7 Å². The maximum absolute atomic E-state index is 12.8. The lowest BCUT2D eigenvalue weighted by atomic mass is 10.1. The first-order valence-electron chi connectivity index (χ1n) is 9.30. The van der Waals surface area contributed by atoms with E-state index in [0.29, 0.717) is 25.1 Å². The van der Waals surface area contributed by atoms with Gasteiger partial charge >= 0.3 is 6.61 Å². The summed E-state index contributed by atoms with van der Waals surface area (Å²) >= 11 is 1.07. The quantitative estimate of drug-likeness (QED) is 0.622. The molecule has 1 amide bonds. The number of nitrogens with zero attached hydrogens (tertiary/aromatic N) is 1. The van der Waals surface area contributed by atoms with E-state index >= 15 is 0 Å². The van der Waals surface area contributed by atoms with Crippen molar-refractivity contribution in [3.63, 3.8) is 0 Å². The number of carbonyl (C=O) groups is 1. The number of ether oxygens (including phenoxy) is 2. The van der Waals surface area contributed by atoms with Crippen molar-refractivity contribution in [1.29, 1.82) is 0 Å². The zero-order valence-electron chi connectivity index (χ0n) is 16.3. The van der Waals surface area contributed by atoms with Crippen LogP contribution in [0.1, 0.15) is 28.1 Å². The fourth-order valence-corrected chi connectivity index (χ4v) is 6.03. The molecule has 0 radical (unpaired) electrons. The molecule has 30 heavy (non-hydrogen) atoms. The van der Waals surface area contributed by atoms with E-state index < -0.39 is 22.5 Å². The van der Waals surface area contributed by atoms with E-state index in [-0.39, 0.29) is 27.8 Å². The standard InChI is InChI=1S/C19H22F2N2O5S2/c1-27-14-5-4-13(12-15(14)28-19(20)21)6-8-22-18(24)17-16(7-11-29-17)30(25,26)23-9-2-3-10-23/h4-5,7,11-12,19H,2-3,6,8-10H2,1H3,(H,22,24). The summed E-state index contributed by atoms with van der Waals surface area (Å²) in [4.78, 5) is 12.7. The second kappa shape index (κ2) is 9.71. The highest BCUT2D eigenvalue weighted by atomic mass is 32.2. The molecule has 3 rings (SSSR count). The van der Waals surface area contributed by atoms with Crippen LogP contribution in [0.15, 0.2) is 34.5 Å². The van der Waals surface area contributed by atoms with Gasteiger partial charge < -0.3 is 14.8 Å². The van der Waals surface area contributed by atoms with Crippen LogP contribution >= 0.6 is 11.3 Å². The van der Waals surface area contributed by atoms with Crippen LogP contribution in [0.4, 0.5) is 8.78 Å². The summed E-state index contributed by atoms with van der Waals surface area (Å²) in [5, 5.41) is 4.27. The zero-order chi connectivity index (χ0) is 21.7. The predicted molar refractivity (Wildman–Crippen MR) is 108 cm³/mol. The number of methoxy groups -OCH3 is 1. The molecule has 1 aliphatic rings. The number of sulfonamides is 1. The Kier molecular flexibility index (Phi) is 7.27. The Morgan fingerprint density at radius 1 is 1.23 bits per heavy atom. The van der Waals surface area contributed by atoms with Crippen LogP contribution in [0.3, 0.4) is 0 Å². The minimum atomic E-state index is -3.69. The summed E-state index contributed by atoms with van der Waals surface area (Å²) in [7, 11) is -2.34. The Labute approximate surface area is 177 Å². The van der Waals surface area contributed by atoms with Crippen molar-refractivity contribution >= 4 is 27.3 Å². The molecule has 2 heterocycles. The van der Waals surface area contributed by atoms with E-state index in [0.717, 1.165) is 24.2 Å². The van der Waals surface area contributed by atoms with Gasteiger partial charge in [-0.05, 0) is 48.4 Å². The Balaban J connectivity index is 1.64. The maximum Gasteiger partial charge on any atom is 0.387 e. The lowest BCUT2D eigenvalue weighted by molar-refractivity contribution is -0.0512. The normalized spacial score (nSPS) is 14.8. The first-order chi connectivity index (χ1) is 14.3. The molecule has 1 saturated heterocycles. The average Bonchev–Trinajstić information content (AvgIpc) is 3.40. The largest absolute Gasteiger partial charge is 0.493 e. The third kappa shape index (κ3) is 5.08. The SMILES string of the molecule is COc1ccc(CCNC(=O)c2sccc2S(=O)(=O)N2CCCC2)cc1OC(F)F. The van der Waals surface area contributed by atoms with E-state index in [1.165, 1.54) is 29.6 Å². The third-order valence-electron chi connectivity index (χ3n) is 4.66. The molecular weight excluding hydrogens is 438 g/mol. The molecule has 1 fully saturated rings. The second-order valence-electron chi connectivity index (χ2n) is 6.59. The average molecular weight is 461 g/mol. The molecule has 0 bridgehead atoms. The molecule has 2 aromatic rings. The van der Waals surface area contributed by atoms with E-state index in [1.807, 2.05) is 0 Å². The van der Waals surface area contributed by atoms with E-state index in [1.54, 1.807) is 11.4 Å². The summed E-state index contributed by atoms with van der Waals surface area (Å²) < 4.78 is 61.5. The lowest BCUT2D eigenvalue weighted by Gasteiger charge is -2.15. The van der Waals surface area contributed by atoms with Gasteiger partial charge in [-0.1, -0.05) is 6.07 Å². The number of alkyl halides is 2. The number of hydrogen-bond donors (Lipinski definition) is 1. The highest BCUT2D eigenvalue weighted by molar-refractivity contribution is 7.89. The number of nitrogens with one attached hydrogen (secondary N) is 1. The lowest BCUT2D eigenvalue weighted by Crippen LogP contribution is -2.31. The topological polar surface area (TPSA) is 84.9 Å². The molecule has 1 N–H and O–H groups in total. The first kappa shape index (κ1) is 22.4. The second-order valence-corrected chi connectivity index (χ2v) is 9.42. The highest BCUT2D eigenvalue weighted by Crippen LogP contribution is 2.30. The fourth-order valence-electron chi connectivity index (χ4n) is 3.20. The molecule has 1 aromatic heterocycles. The van der Waals surface area contributed by atoms with Crippen molar-refractivity contribution in [1.82, 2.24) is 9.62 Å². The minimum Gasteiger partial charge on any atom is -0.493 e. The summed E-state index contributed by atoms with van der Waals surface area (Å²) in [6.45, 7) is -1.87. The molecule has 0 aliphatic carbocycles. The summed E-state index contributed by atoms with van der Waals surface area (Å²) in [6.07, 6.45) is 1.96. The highest BCUT2D eigenvalue weighted by Gasteiger charge is 2.31. The van der Waals surface area contributed by atoms with Crippen molar-refractivity contribution in [3.05, 3.63) is 40.1 Å². The van der Waals surface area contributed by atoms with Crippen LogP contribution in [0, 0.1) is 0 Å². The summed E-state index contributed by atoms with van der Waals surface area (Å²) in [6, 6.07) is 6.06. The number of thiophene rings is 1. The maximum atomic E-state index is 12.8. The van der Waals surface area contributed by atoms with E-state index in [4.69, 9.17) is 4.74 Å². The van der Waals surface area contributed by atoms with Gasteiger partial charge in [0.05, 0.1) is 7.11 Å². The Hall–Kier alpha value is -2.24. The molecule has 7 nitrogen and oxygen atoms in total. The van der Waals surface area contributed by atoms with Crippen LogP contribution in [0.25, 0.3) is 0 Å². The molecule has 0 atom stereocenters. The van der Waals surface area contributed by atoms with Gasteiger partial charge in [0.1, 0.15) is 9.77 Å². The predicted octanol–water partition coefficient (Wildman–Crippen LogP) is 3.12. The zero-order valence-corrected chi connectivity index (χ0v) is 17.9. The van der Waals surface area contributed by atoms with Crippen molar-refractivity contribution in [2.24, 2.45) is 0 Å². The van der Waals surface area contributed by atoms with Gasteiger partial charge in [0, 0.05) is 19.6 Å². The van der Waals surface area contributed by atoms with Gasteiger partial charge in [-0.15, -0.1) is 11.3 Å². The van der Waals surface area contributed by atoms with Crippen LogP contribution in [0.5, 0.6) is 11.5 Å². The number of halogens is 2. The Morgan fingerprint density at radius 2 is 1.97 bits per heavy atom. The minimum absolute atomic E-state index is 0.0176. The monoisotopic (exact) mass is 460 g/mol. The van der Waals surface area contributed by atoms with Gasteiger partial charge in [0.2, 0.25) is 10.0 Å². The van der Waals surface area contributed by atoms with Gasteiger partial charge in [-0.25, -0.2) is 8.42 Å². The summed E-state index contributed by atoms with van der Waals surface area (Å²) in [5.41, 5.74) is 0.655. The van der Waals surface area contributed by atoms with Crippen LogP contribution in [-0.4, -0.2) is 52.0 Å². The molecule has 0 unspecified atom stereocenters. The van der Waals surface area contributed by atoms with E-state index in [2.05, 4.69) is 10.1 Å². The van der Waals surface area contributed by atoms with Gasteiger partial charge in [-0.2, -0.15) is 13.1 Å². The van der Waals surface area contributed by atoms with Crippen molar-refractivity contribution in [2.45, 2.75) is 30.8 Å². The van der Waals surface area contributed by atoms with Gasteiger partial charge in [0.15, 0.2) is 11.5 Å². The Morgan fingerprint density at radius 3 is 2.63 bits per heavy atom. The number of benzene rings is 1. The summed E-state index contributed by atoms with van der Waals surface area (Å²) in [5.74, 6) is -0.396. The first-order valence-corrected chi connectivity index (χ1v) is 11.6. The molecule has 1 aliphatic heterocycles. The number of amides is 1. The molecular formula is C19H22F2N2O5S2. The molecule has 1 aromatic carbocycles. The van der Waals surface area contributed by atoms with Gasteiger partial charge in [0.25, 0.3) is 5.91 Å². The third-order valence-corrected chi connectivity index (χ3v) is 7.64. The van der Waals surface area contributed by atoms with Crippen LogP contribution in [0.2, 0.25) is 0 Å². The smallest absolute Gasteiger partial charge is 0.387 e. The van der Waals surface area contributed by atoms with Crippen LogP contribution < -0.4 is 14.8 Å². The van der Waals surface area contributed by atoms with Crippen molar-refractivity contribution < 1.29 is 31.5 Å². The molecule has 11 heteroatoms. The Bertz CT molecular complexity index is 989.